The molecule has 0 unspecified atom stereocenters. The molecular formula is C14H20N2. The quantitative estimate of drug-likeness (QED) is 0.794. The van der Waals surface area contributed by atoms with Gasteiger partial charge in [-0.3, -0.25) is 0 Å². The highest BCUT2D eigenvalue weighted by atomic mass is 14.8. The maximum Gasteiger partial charge on any atom is 0.0491 e. The van der Waals surface area contributed by atoms with Crippen LogP contribution < -0.4 is 5.73 Å². The minimum absolute atomic E-state index is 0.509. The van der Waals surface area contributed by atoms with Gasteiger partial charge in [-0.2, -0.15) is 0 Å². The van der Waals surface area contributed by atoms with Gasteiger partial charge in [0, 0.05) is 23.1 Å². The normalized spacial score (nSPS) is 11.6. The third-order valence-corrected chi connectivity index (χ3v) is 3.41. The Morgan fingerprint density at radius 3 is 2.50 bits per heavy atom. The molecule has 0 aliphatic carbocycles. The van der Waals surface area contributed by atoms with Crippen molar-refractivity contribution in [3.8, 4) is 0 Å². The van der Waals surface area contributed by atoms with Crippen molar-refractivity contribution in [2.45, 2.75) is 40.2 Å². The van der Waals surface area contributed by atoms with E-state index in [0.29, 0.717) is 12.5 Å². The molecule has 2 rings (SSSR count). The van der Waals surface area contributed by atoms with Gasteiger partial charge in [-0.25, -0.2) is 0 Å². The molecule has 1 aromatic carbocycles. The molecule has 0 amide bonds. The highest BCUT2D eigenvalue weighted by Crippen LogP contribution is 2.31. The van der Waals surface area contributed by atoms with Crippen LogP contribution in [0.25, 0.3) is 10.9 Å². The Kier molecular flexibility index (Phi) is 2.76. The van der Waals surface area contributed by atoms with E-state index in [0.717, 1.165) is 0 Å². The standard InChI is InChI=1S/C14H20N2/c1-8(2)13-11-6-5-9(3)10(4)14(11)16-12(13)7-15/h5-6,8,16H,7,15H2,1-4H3. The number of aryl methyl sites for hydroxylation is 2. The lowest BCUT2D eigenvalue weighted by Gasteiger charge is -2.07. The molecular weight excluding hydrogens is 196 g/mol. The summed E-state index contributed by atoms with van der Waals surface area (Å²) in [5, 5.41) is 1.33. The Hall–Kier alpha value is -1.28. The summed E-state index contributed by atoms with van der Waals surface area (Å²) in [6.07, 6.45) is 0. The third kappa shape index (κ3) is 1.54. The molecule has 0 atom stereocenters. The molecule has 0 bridgehead atoms. The van der Waals surface area contributed by atoms with Crippen molar-refractivity contribution in [1.82, 2.24) is 4.98 Å². The number of benzene rings is 1. The van der Waals surface area contributed by atoms with E-state index in [-0.39, 0.29) is 0 Å². The molecule has 1 heterocycles. The molecule has 2 aromatic rings. The van der Waals surface area contributed by atoms with E-state index in [1.54, 1.807) is 0 Å². The second-order valence-corrected chi connectivity index (χ2v) is 4.81. The average molecular weight is 216 g/mol. The summed E-state index contributed by atoms with van der Waals surface area (Å²) in [5.41, 5.74) is 12.3. The Morgan fingerprint density at radius 1 is 1.25 bits per heavy atom. The average Bonchev–Trinajstić information content (AvgIpc) is 2.62. The summed E-state index contributed by atoms with van der Waals surface area (Å²) in [5.74, 6) is 0.509. The van der Waals surface area contributed by atoms with E-state index in [1.807, 2.05) is 0 Å². The summed E-state index contributed by atoms with van der Waals surface area (Å²) < 4.78 is 0. The summed E-state index contributed by atoms with van der Waals surface area (Å²) >= 11 is 0. The second-order valence-electron chi connectivity index (χ2n) is 4.81. The Bertz CT molecular complexity index is 521. The predicted octanol–water partition coefficient (Wildman–Crippen LogP) is 3.37. The Balaban J connectivity index is 2.83. The van der Waals surface area contributed by atoms with Gasteiger partial charge in [-0.15, -0.1) is 0 Å². The van der Waals surface area contributed by atoms with Gasteiger partial charge in [0.05, 0.1) is 0 Å². The number of nitrogens with two attached hydrogens (primary N) is 1. The lowest BCUT2D eigenvalue weighted by molar-refractivity contribution is 0.841. The maximum absolute atomic E-state index is 5.81. The zero-order valence-electron chi connectivity index (χ0n) is 10.5. The molecule has 3 N–H and O–H groups in total. The van der Waals surface area contributed by atoms with Crippen LogP contribution in [0.5, 0.6) is 0 Å². The SMILES string of the molecule is Cc1ccc2c(C(C)C)c(CN)[nH]c2c1C. The predicted molar refractivity (Wildman–Crippen MR) is 69.8 cm³/mol. The summed E-state index contributed by atoms with van der Waals surface area (Å²) in [7, 11) is 0. The van der Waals surface area contributed by atoms with E-state index in [4.69, 9.17) is 5.73 Å². The van der Waals surface area contributed by atoms with Crippen LogP contribution in [0.15, 0.2) is 12.1 Å². The Morgan fingerprint density at radius 2 is 1.94 bits per heavy atom. The zero-order chi connectivity index (χ0) is 11.9. The zero-order valence-corrected chi connectivity index (χ0v) is 10.5. The van der Waals surface area contributed by atoms with Crippen molar-refractivity contribution in [3.05, 3.63) is 34.5 Å². The molecule has 0 saturated carbocycles. The fraction of sp³-hybridized carbons (Fsp3) is 0.429. The van der Waals surface area contributed by atoms with Crippen LogP contribution in [0.4, 0.5) is 0 Å². The molecule has 16 heavy (non-hydrogen) atoms. The van der Waals surface area contributed by atoms with E-state index in [1.165, 1.54) is 33.3 Å². The van der Waals surface area contributed by atoms with Gasteiger partial charge < -0.3 is 10.7 Å². The van der Waals surface area contributed by atoms with Gasteiger partial charge in [0.25, 0.3) is 0 Å². The van der Waals surface area contributed by atoms with Crippen LogP contribution in [0.2, 0.25) is 0 Å². The van der Waals surface area contributed by atoms with Crippen molar-refractivity contribution in [2.24, 2.45) is 5.73 Å². The minimum Gasteiger partial charge on any atom is -0.357 e. The number of nitrogens with one attached hydrogen (secondary N) is 1. The van der Waals surface area contributed by atoms with Gasteiger partial charge in [-0.1, -0.05) is 26.0 Å². The monoisotopic (exact) mass is 216 g/mol. The number of aromatic amines is 1. The number of hydrogen-bond donors (Lipinski definition) is 2. The van der Waals surface area contributed by atoms with Crippen molar-refractivity contribution in [1.29, 1.82) is 0 Å². The van der Waals surface area contributed by atoms with Gasteiger partial charge >= 0.3 is 0 Å². The first-order valence-electron chi connectivity index (χ1n) is 5.87. The van der Waals surface area contributed by atoms with E-state index >= 15 is 0 Å². The minimum atomic E-state index is 0.509. The molecule has 2 nitrogen and oxygen atoms in total. The smallest absolute Gasteiger partial charge is 0.0491 e. The van der Waals surface area contributed by atoms with Gasteiger partial charge in [0.1, 0.15) is 0 Å². The maximum atomic E-state index is 5.81. The fourth-order valence-electron chi connectivity index (χ4n) is 2.40. The van der Waals surface area contributed by atoms with Crippen molar-refractivity contribution >= 4 is 10.9 Å². The summed E-state index contributed by atoms with van der Waals surface area (Å²) in [6.45, 7) is 9.33. The van der Waals surface area contributed by atoms with Crippen molar-refractivity contribution in [3.63, 3.8) is 0 Å². The molecule has 0 fully saturated rings. The molecule has 0 radical (unpaired) electrons. The topological polar surface area (TPSA) is 41.8 Å². The van der Waals surface area contributed by atoms with Crippen LogP contribution >= 0.6 is 0 Å². The number of rotatable bonds is 2. The highest BCUT2D eigenvalue weighted by molar-refractivity contribution is 5.88. The van der Waals surface area contributed by atoms with Crippen LogP contribution in [-0.2, 0) is 6.54 Å². The molecule has 0 saturated heterocycles. The highest BCUT2D eigenvalue weighted by Gasteiger charge is 2.14. The van der Waals surface area contributed by atoms with Crippen molar-refractivity contribution < 1.29 is 0 Å². The molecule has 0 aliphatic rings. The van der Waals surface area contributed by atoms with Gasteiger partial charge in [0.2, 0.25) is 0 Å². The van der Waals surface area contributed by atoms with E-state index in [2.05, 4.69) is 44.8 Å². The summed E-state index contributed by atoms with van der Waals surface area (Å²) in [4.78, 5) is 3.48. The molecule has 1 aromatic heterocycles. The number of hydrogen-bond acceptors (Lipinski definition) is 1. The Labute approximate surface area is 96.9 Å². The second kappa shape index (κ2) is 3.95. The molecule has 2 heteroatoms. The van der Waals surface area contributed by atoms with Crippen LogP contribution in [0.3, 0.4) is 0 Å². The first kappa shape index (κ1) is 11.2. The molecule has 86 valence electrons. The first-order valence-corrected chi connectivity index (χ1v) is 5.87. The van der Waals surface area contributed by atoms with Crippen LogP contribution in [0, 0.1) is 13.8 Å². The van der Waals surface area contributed by atoms with Gasteiger partial charge in [0.15, 0.2) is 0 Å². The third-order valence-electron chi connectivity index (χ3n) is 3.41. The first-order chi connectivity index (χ1) is 7.56. The number of fused-ring (bicyclic) bond motifs is 1. The lowest BCUT2D eigenvalue weighted by Crippen LogP contribution is -2.01. The number of aromatic nitrogens is 1. The van der Waals surface area contributed by atoms with Gasteiger partial charge in [-0.05, 0) is 36.5 Å². The lowest BCUT2D eigenvalue weighted by atomic mass is 9.97. The van der Waals surface area contributed by atoms with Crippen molar-refractivity contribution in [2.75, 3.05) is 0 Å². The number of H-pyrrole nitrogens is 1. The van der Waals surface area contributed by atoms with Crippen LogP contribution in [0.1, 0.15) is 42.1 Å². The fourth-order valence-corrected chi connectivity index (χ4v) is 2.40. The largest absolute Gasteiger partial charge is 0.357 e. The molecule has 0 aliphatic heterocycles. The van der Waals surface area contributed by atoms with Crippen LogP contribution in [-0.4, -0.2) is 4.98 Å². The molecule has 0 spiro atoms. The summed E-state index contributed by atoms with van der Waals surface area (Å²) in [6, 6.07) is 4.40. The van der Waals surface area contributed by atoms with E-state index < -0.39 is 0 Å². The van der Waals surface area contributed by atoms with E-state index in [9.17, 15) is 0 Å².